The normalized spacial score (nSPS) is 15.0. The second kappa shape index (κ2) is 16.4. The van der Waals surface area contributed by atoms with Crippen LogP contribution in [-0.2, 0) is 12.5 Å². The zero-order valence-electron chi connectivity index (χ0n) is 22.6. The van der Waals surface area contributed by atoms with Crippen molar-refractivity contribution >= 4 is 23.0 Å². The van der Waals surface area contributed by atoms with Crippen molar-refractivity contribution in [3.8, 4) is 0 Å². The minimum absolute atomic E-state index is 0.191. The fourth-order valence-corrected chi connectivity index (χ4v) is 4.25. The van der Waals surface area contributed by atoms with Crippen molar-refractivity contribution in [2.45, 2.75) is 112 Å². The summed E-state index contributed by atoms with van der Waals surface area (Å²) in [6.45, 7) is 21.6. The predicted octanol–water partition coefficient (Wildman–Crippen LogP) is 8.32. The molecule has 0 heterocycles. The van der Waals surface area contributed by atoms with Crippen LogP contribution < -0.4 is 0 Å². The van der Waals surface area contributed by atoms with Crippen LogP contribution >= 0.6 is 23.0 Å². The van der Waals surface area contributed by atoms with Gasteiger partial charge in [-0.1, -0.05) is 27.4 Å². The number of hydrogen-bond donors (Lipinski definition) is 0. The zero-order chi connectivity index (χ0) is 24.8. The molecule has 4 nitrogen and oxygen atoms in total. The Balaban J connectivity index is 4.16. The molecule has 0 aliphatic rings. The van der Waals surface area contributed by atoms with Crippen molar-refractivity contribution in [1.82, 2.24) is 4.90 Å². The van der Waals surface area contributed by atoms with Crippen LogP contribution in [0.4, 0.5) is 0 Å². The maximum atomic E-state index is 6.24. The van der Waals surface area contributed by atoms with Gasteiger partial charge in [0, 0.05) is 19.4 Å². The Kier molecular flexibility index (Phi) is 16.2. The van der Waals surface area contributed by atoms with E-state index in [1.807, 2.05) is 23.0 Å². The summed E-state index contributed by atoms with van der Waals surface area (Å²) in [6, 6.07) is 0. The van der Waals surface area contributed by atoms with Crippen LogP contribution in [0.1, 0.15) is 99.8 Å². The summed E-state index contributed by atoms with van der Waals surface area (Å²) in [6.07, 6.45) is 10.7. The quantitative estimate of drug-likeness (QED) is 0.0896. The molecule has 5 heteroatoms. The van der Waals surface area contributed by atoms with E-state index in [2.05, 4.69) is 80.1 Å². The Labute approximate surface area is 214 Å². The van der Waals surface area contributed by atoms with Crippen LogP contribution in [0, 0.1) is 11.3 Å². The summed E-state index contributed by atoms with van der Waals surface area (Å²) < 4.78 is 17.7. The monoisotopic (exact) mass is 565 g/mol. The SMILES string of the molecule is C=C(CCCC/C(=C/C)OCCC(C)CN(C)C)OC(C)(C)CCC(C)(C)CC(C)OI. The molecule has 0 bridgehead atoms. The molecule has 0 fully saturated rings. The van der Waals surface area contributed by atoms with E-state index in [4.69, 9.17) is 12.5 Å². The van der Waals surface area contributed by atoms with E-state index in [-0.39, 0.29) is 17.1 Å². The lowest BCUT2D eigenvalue weighted by Crippen LogP contribution is -2.28. The van der Waals surface area contributed by atoms with Gasteiger partial charge in [0.15, 0.2) is 0 Å². The van der Waals surface area contributed by atoms with E-state index in [1.54, 1.807) is 0 Å². The third kappa shape index (κ3) is 17.2. The van der Waals surface area contributed by atoms with E-state index in [0.717, 1.165) is 76.0 Å². The molecule has 2 unspecified atom stereocenters. The molecule has 0 aliphatic heterocycles. The van der Waals surface area contributed by atoms with Crippen molar-refractivity contribution in [1.29, 1.82) is 0 Å². The molecular formula is C27H52INO3. The average molecular weight is 566 g/mol. The first-order chi connectivity index (χ1) is 14.8. The van der Waals surface area contributed by atoms with Gasteiger partial charge in [0.25, 0.3) is 0 Å². The van der Waals surface area contributed by atoms with Gasteiger partial charge in [-0.3, -0.25) is 0 Å². The maximum absolute atomic E-state index is 6.24. The lowest BCUT2D eigenvalue weighted by molar-refractivity contribution is 0.0104. The van der Waals surface area contributed by atoms with E-state index < -0.39 is 0 Å². The Morgan fingerprint density at radius 3 is 2.25 bits per heavy atom. The minimum atomic E-state index is -0.191. The van der Waals surface area contributed by atoms with Gasteiger partial charge in [-0.25, -0.2) is 0 Å². The van der Waals surface area contributed by atoms with Crippen LogP contribution in [0.2, 0.25) is 0 Å². The second-order valence-corrected chi connectivity index (χ2v) is 11.6. The van der Waals surface area contributed by atoms with Gasteiger partial charge in [0.05, 0.1) is 24.2 Å². The minimum Gasteiger partial charge on any atom is -0.498 e. The zero-order valence-corrected chi connectivity index (χ0v) is 24.7. The first-order valence-electron chi connectivity index (χ1n) is 12.4. The Hall–Kier alpha value is -0.270. The van der Waals surface area contributed by atoms with Gasteiger partial charge < -0.3 is 17.4 Å². The highest BCUT2D eigenvalue weighted by atomic mass is 127. The van der Waals surface area contributed by atoms with E-state index >= 15 is 0 Å². The van der Waals surface area contributed by atoms with Gasteiger partial charge in [-0.2, -0.15) is 0 Å². The fraction of sp³-hybridized carbons (Fsp3) is 0.852. The number of unbranched alkanes of at least 4 members (excludes halogenated alkanes) is 1. The number of allylic oxidation sites excluding steroid dienone is 3. The number of ether oxygens (including phenoxy) is 2. The van der Waals surface area contributed by atoms with Crippen LogP contribution in [0.5, 0.6) is 0 Å². The standard InChI is InChI=1S/C27H52INO3/c1-11-25(30-19-16-22(2)21-29(9)10)15-13-12-14-23(3)31-27(7,8)18-17-26(5,6)20-24(4)32-28/h11,22,24H,3,12-21H2,1-2,4-10H3/b25-11-. The molecule has 0 aromatic rings. The molecule has 0 aliphatic carbocycles. The predicted molar refractivity (Wildman–Crippen MR) is 147 cm³/mol. The van der Waals surface area contributed by atoms with Crippen LogP contribution in [0.15, 0.2) is 24.2 Å². The van der Waals surface area contributed by atoms with Crippen LogP contribution in [-0.4, -0.2) is 43.9 Å². The maximum Gasteiger partial charge on any atom is 0.110 e. The lowest BCUT2D eigenvalue weighted by Gasteiger charge is -2.33. The van der Waals surface area contributed by atoms with Crippen molar-refractivity contribution in [2.24, 2.45) is 11.3 Å². The molecule has 0 saturated heterocycles. The molecule has 0 saturated carbocycles. The Morgan fingerprint density at radius 2 is 1.69 bits per heavy atom. The highest BCUT2D eigenvalue weighted by Crippen LogP contribution is 2.34. The molecule has 0 amide bonds. The second-order valence-electron chi connectivity index (χ2n) is 11.1. The number of hydrogen-bond acceptors (Lipinski definition) is 4. The molecule has 32 heavy (non-hydrogen) atoms. The highest BCUT2D eigenvalue weighted by Gasteiger charge is 2.27. The van der Waals surface area contributed by atoms with Gasteiger partial charge in [0.1, 0.15) is 28.6 Å². The van der Waals surface area contributed by atoms with Gasteiger partial charge in [0.2, 0.25) is 0 Å². The smallest absolute Gasteiger partial charge is 0.110 e. The number of nitrogens with zero attached hydrogens (tertiary/aromatic N) is 1. The molecule has 0 radical (unpaired) electrons. The molecule has 0 rings (SSSR count). The summed E-state index contributed by atoms with van der Waals surface area (Å²) in [5.41, 5.74) is 0.0450. The largest absolute Gasteiger partial charge is 0.498 e. The summed E-state index contributed by atoms with van der Waals surface area (Å²) in [4.78, 5) is 2.24. The van der Waals surface area contributed by atoms with Gasteiger partial charge >= 0.3 is 0 Å². The van der Waals surface area contributed by atoms with Crippen molar-refractivity contribution in [2.75, 3.05) is 27.2 Å². The van der Waals surface area contributed by atoms with Crippen LogP contribution in [0.3, 0.4) is 0 Å². The van der Waals surface area contributed by atoms with E-state index in [9.17, 15) is 0 Å². The Bertz CT molecular complexity index is 543. The third-order valence-corrected chi connectivity index (χ3v) is 6.71. The van der Waals surface area contributed by atoms with Crippen molar-refractivity contribution in [3.63, 3.8) is 0 Å². The summed E-state index contributed by atoms with van der Waals surface area (Å²) in [7, 11) is 4.24. The van der Waals surface area contributed by atoms with Gasteiger partial charge in [-0.15, -0.1) is 0 Å². The fourth-order valence-electron chi connectivity index (χ4n) is 4.07. The molecule has 190 valence electrons. The first-order valence-corrected chi connectivity index (χ1v) is 13.2. The summed E-state index contributed by atoms with van der Waals surface area (Å²) >= 11 is 2.00. The third-order valence-electron chi connectivity index (χ3n) is 5.84. The molecule has 2 atom stereocenters. The summed E-state index contributed by atoms with van der Waals surface area (Å²) in [5, 5.41) is 0. The molecule has 0 spiro atoms. The number of rotatable bonds is 19. The molecule has 0 aromatic heterocycles. The molecular weight excluding hydrogens is 513 g/mol. The molecule has 0 aromatic carbocycles. The van der Waals surface area contributed by atoms with Crippen molar-refractivity contribution < 1.29 is 12.5 Å². The van der Waals surface area contributed by atoms with E-state index in [1.165, 1.54) is 0 Å². The first kappa shape index (κ1) is 31.7. The number of halogens is 1. The summed E-state index contributed by atoms with van der Waals surface area (Å²) in [5.74, 6) is 2.67. The van der Waals surface area contributed by atoms with Gasteiger partial charge in [-0.05, 0) is 97.7 Å². The topological polar surface area (TPSA) is 30.9 Å². The van der Waals surface area contributed by atoms with E-state index in [0.29, 0.717) is 5.92 Å². The van der Waals surface area contributed by atoms with Crippen LogP contribution in [0.25, 0.3) is 0 Å². The Morgan fingerprint density at radius 1 is 1.06 bits per heavy atom. The average Bonchev–Trinajstić information content (AvgIpc) is 2.67. The lowest BCUT2D eigenvalue weighted by atomic mass is 9.80. The molecule has 0 N–H and O–H groups in total. The highest BCUT2D eigenvalue weighted by molar-refractivity contribution is 14.1. The van der Waals surface area contributed by atoms with Crippen molar-refractivity contribution in [3.05, 3.63) is 24.2 Å².